The van der Waals surface area contributed by atoms with E-state index in [-0.39, 0.29) is 24.4 Å². The summed E-state index contributed by atoms with van der Waals surface area (Å²) in [6.45, 7) is 0.571. The normalized spacial score (nSPS) is 17.3. The maximum Gasteiger partial charge on any atom is 0.254 e. The SMILES string of the molecule is NC(=O)C1CCCN1C(=O)CCNC(=O)c1ccccc1F. The number of hydrogen-bond donors (Lipinski definition) is 2. The third-order valence-corrected chi connectivity index (χ3v) is 3.64. The lowest BCUT2D eigenvalue weighted by molar-refractivity contribution is -0.137. The Bertz CT molecular complexity index is 591. The van der Waals surface area contributed by atoms with Gasteiger partial charge in [0.15, 0.2) is 0 Å². The van der Waals surface area contributed by atoms with E-state index in [1.807, 2.05) is 0 Å². The molecule has 1 unspecified atom stereocenters. The van der Waals surface area contributed by atoms with Crippen LogP contribution in [0.15, 0.2) is 24.3 Å². The van der Waals surface area contributed by atoms with Crippen LogP contribution in [-0.2, 0) is 9.59 Å². The van der Waals surface area contributed by atoms with E-state index in [1.165, 1.54) is 23.1 Å². The van der Waals surface area contributed by atoms with Crippen molar-refractivity contribution in [3.8, 4) is 0 Å². The van der Waals surface area contributed by atoms with Crippen molar-refractivity contribution >= 4 is 17.7 Å². The van der Waals surface area contributed by atoms with E-state index < -0.39 is 23.7 Å². The van der Waals surface area contributed by atoms with Gasteiger partial charge in [-0.05, 0) is 25.0 Å². The monoisotopic (exact) mass is 307 g/mol. The zero-order valence-corrected chi connectivity index (χ0v) is 12.0. The molecule has 1 fully saturated rings. The number of carbonyl (C=O) groups excluding carboxylic acids is 3. The lowest BCUT2D eigenvalue weighted by Gasteiger charge is -2.22. The van der Waals surface area contributed by atoms with Gasteiger partial charge in [-0.1, -0.05) is 12.1 Å². The molecule has 1 saturated heterocycles. The number of nitrogens with two attached hydrogens (primary N) is 1. The number of nitrogens with one attached hydrogen (secondary N) is 1. The second kappa shape index (κ2) is 7.02. The van der Waals surface area contributed by atoms with Crippen molar-refractivity contribution in [2.24, 2.45) is 5.73 Å². The van der Waals surface area contributed by atoms with Crippen LogP contribution in [0.5, 0.6) is 0 Å². The molecule has 3 N–H and O–H groups in total. The Morgan fingerprint density at radius 1 is 1.32 bits per heavy atom. The van der Waals surface area contributed by atoms with Crippen LogP contribution in [0.3, 0.4) is 0 Å². The number of primary amides is 1. The standard InChI is InChI=1S/C15H18FN3O3/c16-11-5-2-1-4-10(11)15(22)18-8-7-13(20)19-9-3-6-12(19)14(17)21/h1-2,4-5,12H,3,6-9H2,(H2,17,21)(H,18,22). The van der Waals surface area contributed by atoms with E-state index in [4.69, 9.17) is 5.73 Å². The molecule has 6 nitrogen and oxygen atoms in total. The largest absolute Gasteiger partial charge is 0.368 e. The minimum absolute atomic E-state index is 0.0456. The summed E-state index contributed by atoms with van der Waals surface area (Å²) in [7, 11) is 0. The Morgan fingerprint density at radius 2 is 2.05 bits per heavy atom. The summed E-state index contributed by atoms with van der Waals surface area (Å²) >= 11 is 0. The van der Waals surface area contributed by atoms with Gasteiger partial charge in [0.25, 0.3) is 5.91 Å². The van der Waals surface area contributed by atoms with Crippen molar-refractivity contribution in [3.63, 3.8) is 0 Å². The number of hydrogen-bond acceptors (Lipinski definition) is 3. The summed E-state index contributed by atoms with van der Waals surface area (Å²) in [6, 6.07) is 5.06. The van der Waals surface area contributed by atoms with Crippen LogP contribution in [-0.4, -0.2) is 41.8 Å². The van der Waals surface area contributed by atoms with E-state index in [2.05, 4.69) is 5.32 Å². The number of benzene rings is 1. The zero-order valence-electron chi connectivity index (χ0n) is 12.0. The van der Waals surface area contributed by atoms with Crippen molar-refractivity contribution in [1.29, 1.82) is 0 Å². The predicted octanol–water partition coefficient (Wildman–Crippen LogP) is 0.422. The van der Waals surface area contributed by atoms with Gasteiger partial charge in [0.2, 0.25) is 11.8 Å². The van der Waals surface area contributed by atoms with Crippen LogP contribution in [0, 0.1) is 5.82 Å². The average Bonchev–Trinajstić information content (AvgIpc) is 2.97. The molecule has 118 valence electrons. The third-order valence-electron chi connectivity index (χ3n) is 3.64. The molecule has 1 aliphatic rings. The van der Waals surface area contributed by atoms with E-state index in [1.54, 1.807) is 6.07 Å². The first kappa shape index (κ1) is 15.9. The van der Waals surface area contributed by atoms with Gasteiger partial charge in [-0.3, -0.25) is 14.4 Å². The molecule has 22 heavy (non-hydrogen) atoms. The van der Waals surface area contributed by atoms with Gasteiger partial charge in [-0.2, -0.15) is 0 Å². The van der Waals surface area contributed by atoms with Crippen molar-refractivity contribution in [3.05, 3.63) is 35.6 Å². The van der Waals surface area contributed by atoms with Crippen LogP contribution < -0.4 is 11.1 Å². The number of amides is 3. The number of rotatable bonds is 5. The molecule has 1 aliphatic heterocycles. The molecule has 0 aliphatic carbocycles. The van der Waals surface area contributed by atoms with Crippen molar-refractivity contribution in [2.75, 3.05) is 13.1 Å². The minimum atomic E-state index is -0.611. The molecule has 0 saturated carbocycles. The molecule has 1 aromatic rings. The van der Waals surface area contributed by atoms with Gasteiger partial charge >= 0.3 is 0 Å². The van der Waals surface area contributed by atoms with Gasteiger partial charge in [0.1, 0.15) is 11.9 Å². The third kappa shape index (κ3) is 3.60. The van der Waals surface area contributed by atoms with E-state index in [0.29, 0.717) is 13.0 Å². The van der Waals surface area contributed by atoms with Gasteiger partial charge in [0.05, 0.1) is 5.56 Å². The molecule has 3 amide bonds. The summed E-state index contributed by atoms with van der Waals surface area (Å²) in [4.78, 5) is 36.5. The lowest BCUT2D eigenvalue weighted by atomic mass is 10.2. The quantitative estimate of drug-likeness (QED) is 0.826. The number of nitrogens with zero attached hydrogens (tertiary/aromatic N) is 1. The molecular weight excluding hydrogens is 289 g/mol. The number of halogens is 1. The second-order valence-electron chi connectivity index (χ2n) is 5.13. The Kier molecular flexibility index (Phi) is 5.08. The van der Waals surface area contributed by atoms with Gasteiger partial charge in [-0.15, -0.1) is 0 Å². The van der Waals surface area contributed by atoms with Gasteiger partial charge in [-0.25, -0.2) is 4.39 Å². The maximum absolute atomic E-state index is 13.4. The molecule has 2 rings (SSSR count). The van der Waals surface area contributed by atoms with Gasteiger partial charge in [0, 0.05) is 19.5 Å². The minimum Gasteiger partial charge on any atom is -0.368 e. The first-order valence-electron chi connectivity index (χ1n) is 7.12. The van der Waals surface area contributed by atoms with Crippen LogP contribution in [0.1, 0.15) is 29.6 Å². The highest BCUT2D eigenvalue weighted by atomic mass is 19.1. The Hall–Kier alpha value is -2.44. The lowest BCUT2D eigenvalue weighted by Crippen LogP contribution is -2.44. The summed E-state index contributed by atoms with van der Waals surface area (Å²) in [5, 5.41) is 2.50. The highest BCUT2D eigenvalue weighted by Gasteiger charge is 2.32. The van der Waals surface area contributed by atoms with Crippen LogP contribution in [0.4, 0.5) is 4.39 Å². The fourth-order valence-corrected chi connectivity index (χ4v) is 2.53. The van der Waals surface area contributed by atoms with Crippen LogP contribution in [0.25, 0.3) is 0 Å². The van der Waals surface area contributed by atoms with E-state index in [0.717, 1.165) is 6.42 Å². The second-order valence-corrected chi connectivity index (χ2v) is 5.13. The predicted molar refractivity (Wildman–Crippen MR) is 77.3 cm³/mol. The summed E-state index contributed by atoms with van der Waals surface area (Å²) in [5.41, 5.74) is 5.19. The molecule has 0 aromatic heterocycles. The number of carbonyl (C=O) groups is 3. The fraction of sp³-hybridized carbons (Fsp3) is 0.400. The Morgan fingerprint density at radius 3 is 2.73 bits per heavy atom. The molecule has 7 heteroatoms. The number of likely N-dealkylation sites (tertiary alicyclic amines) is 1. The molecule has 1 heterocycles. The van der Waals surface area contributed by atoms with E-state index in [9.17, 15) is 18.8 Å². The highest BCUT2D eigenvalue weighted by Crippen LogP contribution is 2.17. The molecule has 1 aromatic carbocycles. The fourth-order valence-electron chi connectivity index (χ4n) is 2.53. The van der Waals surface area contributed by atoms with Crippen LogP contribution in [0.2, 0.25) is 0 Å². The van der Waals surface area contributed by atoms with E-state index >= 15 is 0 Å². The first-order chi connectivity index (χ1) is 10.5. The Labute approximate surface area is 127 Å². The molecular formula is C15H18FN3O3. The van der Waals surface area contributed by atoms with Crippen molar-refractivity contribution in [1.82, 2.24) is 10.2 Å². The topological polar surface area (TPSA) is 92.5 Å². The smallest absolute Gasteiger partial charge is 0.254 e. The molecule has 0 radical (unpaired) electrons. The van der Waals surface area contributed by atoms with Crippen LogP contribution >= 0.6 is 0 Å². The van der Waals surface area contributed by atoms with Crippen molar-refractivity contribution < 1.29 is 18.8 Å². The summed E-state index contributed by atoms with van der Waals surface area (Å²) < 4.78 is 13.4. The summed E-state index contributed by atoms with van der Waals surface area (Å²) in [5.74, 6) is -1.94. The zero-order chi connectivity index (χ0) is 16.1. The first-order valence-corrected chi connectivity index (χ1v) is 7.12. The molecule has 0 bridgehead atoms. The molecule has 1 atom stereocenters. The molecule has 0 spiro atoms. The average molecular weight is 307 g/mol. The highest BCUT2D eigenvalue weighted by molar-refractivity contribution is 5.94. The van der Waals surface area contributed by atoms with Gasteiger partial charge < -0.3 is 16.0 Å². The maximum atomic E-state index is 13.4. The Balaban J connectivity index is 1.83. The van der Waals surface area contributed by atoms with Crippen molar-refractivity contribution in [2.45, 2.75) is 25.3 Å². The summed E-state index contributed by atoms with van der Waals surface area (Å²) in [6.07, 6.45) is 1.35.